The summed E-state index contributed by atoms with van der Waals surface area (Å²) in [6, 6.07) is 0. The number of nitrogens with zero attached hydrogens (tertiary/aromatic N) is 3. The topological polar surface area (TPSA) is 52.7 Å². The van der Waals surface area contributed by atoms with Crippen LogP contribution in [0.4, 0.5) is 0 Å². The molecule has 1 aromatic heterocycles. The van der Waals surface area contributed by atoms with Crippen molar-refractivity contribution in [1.82, 2.24) is 15.0 Å². The zero-order chi connectivity index (χ0) is 14.4. The Morgan fingerprint density at radius 3 is 2.35 bits per heavy atom. The van der Waals surface area contributed by atoms with Gasteiger partial charge in [-0.3, -0.25) is 4.90 Å². The lowest BCUT2D eigenvalue weighted by Crippen LogP contribution is -2.46. The summed E-state index contributed by atoms with van der Waals surface area (Å²) in [6.07, 6.45) is 3.27. The number of unbranched alkanes of at least 4 members (excludes halogenated alkanes) is 2. The van der Waals surface area contributed by atoms with Crippen LogP contribution in [0, 0.1) is 13.8 Å². The maximum absolute atomic E-state index is 8.77. The average Bonchev–Trinajstić information content (AvgIpc) is 2.77. The quantitative estimate of drug-likeness (QED) is 0.769. The van der Waals surface area contributed by atoms with Crippen molar-refractivity contribution in [3.8, 4) is 0 Å². The Hall–Kier alpha value is -0.910. The molecule has 1 N–H and O–H groups in total. The number of hydrogen-bond donors (Lipinski definition) is 1. The summed E-state index contributed by atoms with van der Waals surface area (Å²) in [4.78, 5) is 5.01. The number of aliphatic hydroxyl groups excluding tert-OH is 1. The Morgan fingerprint density at radius 1 is 1.05 bits per heavy atom. The van der Waals surface area contributed by atoms with Gasteiger partial charge in [0.25, 0.3) is 0 Å². The molecule has 2 rings (SSSR count). The summed E-state index contributed by atoms with van der Waals surface area (Å²) < 4.78 is 5.23. The largest absolute Gasteiger partial charge is 0.396 e. The van der Waals surface area contributed by atoms with Gasteiger partial charge in [-0.15, -0.1) is 0 Å². The summed E-state index contributed by atoms with van der Waals surface area (Å²) in [5, 5.41) is 12.8. The van der Waals surface area contributed by atoms with E-state index in [4.69, 9.17) is 9.63 Å². The normalized spacial score (nSPS) is 17.8. The van der Waals surface area contributed by atoms with Crippen LogP contribution in [0.5, 0.6) is 0 Å². The van der Waals surface area contributed by atoms with Crippen molar-refractivity contribution >= 4 is 0 Å². The molecule has 1 aliphatic rings. The molecule has 0 saturated carbocycles. The van der Waals surface area contributed by atoms with Crippen LogP contribution in [0.25, 0.3) is 0 Å². The van der Waals surface area contributed by atoms with Crippen molar-refractivity contribution in [2.45, 2.75) is 39.7 Å². The van der Waals surface area contributed by atoms with Crippen molar-refractivity contribution < 1.29 is 9.63 Å². The Kier molecular flexibility index (Phi) is 6.01. The molecule has 20 heavy (non-hydrogen) atoms. The van der Waals surface area contributed by atoms with Crippen LogP contribution in [0.2, 0.25) is 0 Å². The molecule has 0 aromatic carbocycles. The summed E-state index contributed by atoms with van der Waals surface area (Å²) >= 11 is 0. The highest BCUT2D eigenvalue weighted by molar-refractivity contribution is 5.20. The summed E-state index contributed by atoms with van der Waals surface area (Å²) in [5.74, 6) is 0.953. The van der Waals surface area contributed by atoms with Crippen molar-refractivity contribution in [2.75, 3.05) is 39.3 Å². The van der Waals surface area contributed by atoms with Crippen LogP contribution < -0.4 is 0 Å². The third kappa shape index (κ3) is 4.30. The molecule has 114 valence electrons. The molecule has 0 radical (unpaired) electrons. The van der Waals surface area contributed by atoms with Gasteiger partial charge in [-0.05, 0) is 39.7 Å². The van der Waals surface area contributed by atoms with Gasteiger partial charge >= 0.3 is 0 Å². The molecule has 0 unspecified atom stereocenters. The summed E-state index contributed by atoms with van der Waals surface area (Å²) in [6.45, 7) is 11.0. The second-order valence-corrected chi connectivity index (χ2v) is 5.70. The van der Waals surface area contributed by atoms with Crippen molar-refractivity contribution in [3.05, 3.63) is 17.0 Å². The molecule has 2 heterocycles. The van der Waals surface area contributed by atoms with E-state index in [2.05, 4.69) is 15.0 Å². The Labute approximate surface area is 121 Å². The average molecular weight is 281 g/mol. The molecule has 1 fully saturated rings. The van der Waals surface area contributed by atoms with Crippen LogP contribution in [0.3, 0.4) is 0 Å². The van der Waals surface area contributed by atoms with E-state index in [0.717, 1.165) is 57.0 Å². The highest BCUT2D eigenvalue weighted by Crippen LogP contribution is 2.16. The van der Waals surface area contributed by atoms with Gasteiger partial charge < -0.3 is 14.5 Å². The van der Waals surface area contributed by atoms with Crippen molar-refractivity contribution in [1.29, 1.82) is 0 Å². The number of aliphatic hydroxyl groups is 1. The highest BCUT2D eigenvalue weighted by Gasteiger charge is 2.19. The van der Waals surface area contributed by atoms with Crippen molar-refractivity contribution in [2.24, 2.45) is 0 Å². The first-order chi connectivity index (χ1) is 9.70. The van der Waals surface area contributed by atoms with Crippen molar-refractivity contribution in [3.63, 3.8) is 0 Å². The minimum absolute atomic E-state index is 0.325. The lowest BCUT2D eigenvalue weighted by atomic mass is 10.1. The predicted molar refractivity (Wildman–Crippen MR) is 78.6 cm³/mol. The number of rotatable bonds is 7. The predicted octanol–water partition coefficient (Wildman–Crippen LogP) is 1.57. The molecule has 5 nitrogen and oxygen atoms in total. The number of aryl methyl sites for hydroxylation is 2. The Balaban J connectivity index is 1.69. The second-order valence-electron chi connectivity index (χ2n) is 5.70. The van der Waals surface area contributed by atoms with Gasteiger partial charge in [0.15, 0.2) is 0 Å². The second kappa shape index (κ2) is 7.76. The van der Waals surface area contributed by atoms with E-state index in [-0.39, 0.29) is 0 Å². The molecular weight excluding hydrogens is 254 g/mol. The van der Waals surface area contributed by atoms with Crippen LogP contribution in [0.15, 0.2) is 4.52 Å². The van der Waals surface area contributed by atoms with E-state index >= 15 is 0 Å². The standard InChI is InChI=1S/C15H27N3O2/c1-13-15(14(2)20-16-13)12-18-9-7-17(8-10-18)6-4-3-5-11-19/h19H,3-12H2,1-2H3. The van der Waals surface area contributed by atoms with Gasteiger partial charge in [-0.1, -0.05) is 5.16 Å². The van der Waals surface area contributed by atoms with E-state index in [1.54, 1.807) is 0 Å². The molecule has 1 aromatic rings. The molecule has 0 bridgehead atoms. The van der Waals surface area contributed by atoms with Gasteiger partial charge in [-0.25, -0.2) is 0 Å². The SMILES string of the molecule is Cc1noc(C)c1CN1CCN(CCCCCO)CC1. The van der Waals surface area contributed by atoms with Gasteiger partial charge in [0, 0.05) is 44.9 Å². The van der Waals surface area contributed by atoms with E-state index < -0.39 is 0 Å². The van der Waals surface area contributed by atoms with E-state index in [9.17, 15) is 0 Å². The maximum atomic E-state index is 8.77. The summed E-state index contributed by atoms with van der Waals surface area (Å²) in [7, 11) is 0. The first-order valence-corrected chi connectivity index (χ1v) is 7.68. The Bertz CT molecular complexity index is 378. The fourth-order valence-corrected chi connectivity index (χ4v) is 2.75. The van der Waals surface area contributed by atoms with E-state index in [1.165, 1.54) is 18.5 Å². The lowest BCUT2D eigenvalue weighted by molar-refractivity contribution is 0.124. The zero-order valence-electron chi connectivity index (χ0n) is 12.8. The minimum Gasteiger partial charge on any atom is -0.396 e. The molecule has 1 aliphatic heterocycles. The first-order valence-electron chi connectivity index (χ1n) is 7.68. The highest BCUT2D eigenvalue weighted by atomic mass is 16.5. The first kappa shape index (κ1) is 15.5. The summed E-state index contributed by atoms with van der Waals surface area (Å²) in [5.41, 5.74) is 2.27. The van der Waals surface area contributed by atoms with Crippen LogP contribution >= 0.6 is 0 Å². The molecule has 0 spiro atoms. The van der Waals surface area contributed by atoms with Crippen LogP contribution in [-0.2, 0) is 6.54 Å². The molecule has 1 saturated heterocycles. The molecular formula is C15H27N3O2. The van der Waals surface area contributed by atoms with Gasteiger partial charge in [0.05, 0.1) is 5.69 Å². The van der Waals surface area contributed by atoms with E-state index in [0.29, 0.717) is 6.61 Å². The van der Waals surface area contributed by atoms with Gasteiger partial charge in [-0.2, -0.15) is 0 Å². The lowest BCUT2D eigenvalue weighted by Gasteiger charge is -2.34. The molecule has 0 aliphatic carbocycles. The zero-order valence-corrected chi connectivity index (χ0v) is 12.8. The fraction of sp³-hybridized carbons (Fsp3) is 0.800. The third-order valence-electron chi connectivity index (χ3n) is 4.16. The van der Waals surface area contributed by atoms with E-state index in [1.807, 2.05) is 13.8 Å². The third-order valence-corrected chi connectivity index (χ3v) is 4.16. The van der Waals surface area contributed by atoms with Gasteiger partial charge in [0.1, 0.15) is 5.76 Å². The maximum Gasteiger partial charge on any atom is 0.138 e. The molecule has 5 heteroatoms. The smallest absolute Gasteiger partial charge is 0.138 e. The van der Waals surface area contributed by atoms with Gasteiger partial charge in [0.2, 0.25) is 0 Å². The monoisotopic (exact) mass is 281 g/mol. The number of hydrogen-bond acceptors (Lipinski definition) is 5. The van der Waals surface area contributed by atoms with Crippen LogP contribution in [-0.4, -0.2) is 59.4 Å². The van der Waals surface area contributed by atoms with Crippen LogP contribution in [0.1, 0.15) is 36.3 Å². The minimum atomic E-state index is 0.325. The Morgan fingerprint density at radius 2 is 1.75 bits per heavy atom. The number of piperazine rings is 1. The fourth-order valence-electron chi connectivity index (χ4n) is 2.75. The molecule has 0 atom stereocenters. The molecule has 0 amide bonds. The number of aromatic nitrogens is 1.